The van der Waals surface area contributed by atoms with Crippen molar-refractivity contribution in [1.82, 2.24) is 15.1 Å². The first-order chi connectivity index (χ1) is 10.3. The van der Waals surface area contributed by atoms with Crippen LogP contribution >= 0.6 is 0 Å². The van der Waals surface area contributed by atoms with Gasteiger partial charge in [-0.2, -0.15) is 18.3 Å². The van der Waals surface area contributed by atoms with E-state index in [0.717, 1.165) is 5.32 Å². The average Bonchev–Trinajstić information content (AvgIpc) is 2.84. The van der Waals surface area contributed by atoms with Gasteiger partial charge < -0.3 is 4.74 Å². The molecular weight excluding hydrogens is 299 g/mol. The van der Waals surface area contributed by atoms with E-state index in [4.69, 9.17) is 4.74 Å². The molecule has 118 valence electrons. The number of aryl methyl sites for hydroxylation is 1. The second kappa shape index (κ2) is 6.08. The van der Waals surface area contributed by atoms with Crippen molar-refractivity contribution < 1.29 is 22.7 Å². The maximum atomic E-state index is 12.5. The lowest BCUT2D eigenvalue weighted by Crippen LogP contribution is -2.41. The second-order valence-corrected chi connectivity index (χ2v) is 4.57. The molecule has 0 radical (unpaired) electrons. The Balaban J connectivity index is 2.41. The molecule has 0 saturated carbocycles. The van der Waals surface area contributed by atoms with Crippen LogP contribution in [0.4, 0.5) is 13.2 Å². The lowest BCUT2D eigenvalue weighted by atomic mass is 9.94. The summed E-state index contributed by atoms with van der Waals surface area (Å²) in [6, 6.07) is 7.77. The van der Waals surface area contributed by atoms with Gasteiger partial charge in [0.15, 0.2) is 0 Å². The van der Waals surface area contributed by atoms with Gasteiger partial charge in [0.05, 0.1) is 12.8 Å². The molecule has 0 bridgehead atoms. The van der Waals surface area contributed by atoms with Gasteiger partial charge in [-0.25, -0.2) is 0 Å². The maximum absolute atomic E-state index is 12.5. The topological polar surface area (TPSA) is 56.1 Å². The molecule has 0 spiro atoms. The summed E-state index contributed by atoms with van der Waals surface area (Å²) in [6.07, 6.45) is -3.37. The van der Waals surface area contributed by atoms with Crippen LogP contribution in [-0.2, 0) is 11.8 Å². The number of benzene rings is 1. The highest BCUT2D eigenvalue weighted by atomic mass is 19.4. The predicted octanol–water partition coefficient (Wildman–Crippen LogP) is 2.20. The Bertz CT molecular complexity index is 650. The molecule has 1 atom stereocenters. The number of nitrogens with zero attached hydrogens (tertiary/aromatic N) is 2. The zero-order valence-electron chi connectivity index (χ0n) is 11.9. The molecule has 0 aliphatic carbocycles. The first-order valence-corrected chi connectivity index (χ1v) is 6.32. The SMILES string of the molecule is COc1ccc(C(C(=O)NC(F)(F)F)c2ccnn2C)cc1. The quantitative estimate of drug-likeness (QED) is 0.881. The van der Waals surface area contributed by atoms with Gasteiger partial charge in [-0.15, -0.1) is 0 Å². The molecule has 2 aromatic rings. The van der Waals surface area contributed by atoms with Crippen molar-refractivity contribution in [2.75, 3.05) is 7.11 Å². The third-order valence-corrected chi connectivity index (χ3v) is 3.13. The Morgan fingerprint density at radius 1 is 1.27 bits per heavy atom. The fourth-order valence-electron chi connectivity index (χ4n) is 2.13. The fourth-order valence-corrected chi connectivity index (χ4v) is 2.13. The summed E-state index contributed by atoms with van der Waals surface area (Å²) < 4.78 is 43.8. The first-order valence-electron chi connectivity index (χ1n) is 6.32. The summed E-state index contributed by atoms with van der Waals surface area (Å²) in [7, 11) is 3.04. The van der Waals surface area contributed by atoms with Crippen molar-refractivity contribution >= 4 is 5.91 Å². The summed E-state index contributed by atoms with van der Waals surface area (Å²) >= 11 is 0. The van der Waals surface area contributed by atoms with Crippen molar-refractivity contribution in [3.63, 3.8) is 0 Å². The van der Waals surface area contributed by atoms with Gasteiger partial charge in [0.1, 0.15) is 11.7 Å². The molecule has 8 heteroatoms. The summed E-state index contributed by atoms with van der Waals surface area (Å²) in [6.45, 7) is 0. The van der Waals surface area contributed by atoms with Crippen molar-refractivity contribution in [1.29, 1.82) is 0 Å². The van der Waals surface area contributed by atoms with Gasteiger partial charge in [-0.05, 0) is 23.8 Å². The number of amides is 1. The number of carbonyl (C=O) groups is 1. The molecule has 2 rings (SSSR count). The summed E-state index contributed by atoms with van der Waals surface area (Å²) in [5.41, 5.74) is 0.762. The van der Waals surface area contributed by atoms with E-state index in [9.17, 15) is 18.0 Å². The van der Waals surface area contributed by atoms with Crippen molar-refractivity contribution in [2.45, 2.75) is 12.2 Å². The Kier molecular flexibility index (Phi) is 4.39. The number of hydrogen-bond donors (Lipinski definition) is 1. The van der Waals surface area contributed by atoms with Crippen LogP contribution in [0.15, 0.2) is 36.5 Å². The van der Waals surface area contributed by atoms with Crippen molar-refractivity contribution in [2.24, 2.45) is 7.05 Å². The number of alkyl halides is 3. The molecule has 1 N–H and O–H groups in total. The zero-order chi connectivity index (χ0) is 16.3. The van der Waals surface area contributed by atoms with E-state index in [0.29, 0.717) is 17.0 Å². The van der Waals surface area contributed by atoms with E-state index in [1.165, 1.54) is 24.1 Å². The Morgan fingerprint density at radius 3 is 2.36 bits per heavy atom. The molecule has 0 fully saturated rings. The van der Waals surface area contributed by atoms with E-state index in [-0.39, 0.29) is 0 Å². The average molecular weight is 313 g/mol. The van der Waals surface area contributed by atoms with E-state index in [1.54, 1.807) is 31.3 Å². The van der Waals surface area contributed by atoms with Crippen LogP contribution in [0.1, 0.15) is 17.2 Å². The molecule has 0 aliphatic heterocycles. The Hall–Kier alpha value is -2.51. The second-order valence-electron chi connectivity index (χ2n) is 4.57. The fraction of sp³-hybridized carbons (Fsp3) is 0.286. The largest absolute Gasteiger partial charge is 0.497 e. The van der Waals surface area contributed by atoms with Crippen LogP contribution in [-0.4, -0.2) is 29.1 Å². The standard InChI is InChI=1S/C14H14F3N3O2/c1-20-11(7-8-18-20)12(13(21)19-14(15,16)17)9-3-5-10(22-2)6-4-9/h3-8,12H,1-2H3,(H,19,21). The lowest BCUT2D eigenvalue weighted by Gasteiger charge is -2.19. The van der Waals surface area contributed by atoms with Gasteiger partial charge in [-0.1, -0.05) is 12.1 Å². The van der Waals surface area contributed by atoms with E-state index >= 15 is 0 Å². The highest BCUT2D eigenvalue weighted by Crippen LogP contribution is 2.27. The summed E-state index contributed by atoms with van der Waals surface area (Å²) in [4.78, 5) is 12.1. The van der Waals surface area contributed by atoms with Crippen LogP contribution in [0, 0.1) is 0 Å². The van der Waals surface area contributed by atoms with Gasteiger partial charge in [0.2, 0.25) is 5.91 Å². The van der Waals surface area contributed by atoms with E-state index in [1.807, 2.05) is 0 Å². The minimum absolute atomic E-state index is 0.354. The zero-order valence-corrected chi connectivity index (χ0v) is 11.9. The number of ether oxygens (including phenoxy) is 1. The number of aromatic nitrogens is 2. The molecular formula is C14H14F3N3O2. The van der Waals surface area contributed by atoms with Gasteiger partial charge in [0, 0.05) is 13.2 Å². The monoisotopic (exact) mass is 313 g/mol. The molecule has 0 aliphatic rings. The van der Waals surface area contributed by atoms with Crippen molar-refractivity contribution in [3.05, 3.63) is 47.8 Å². The number of carbonyl (C=O) groups excluding carboxylic acids is 1. The summed E-state index contributed by atoms with van der Waals surface area (Å²) in [5.74, 6) is -1.75. The normalized spacial score (nSPS) is 12.8. The molecule has 1 amide bonds. The van der Waals surface area contributed by atoms with Crippen LogP contribution in [0.5, 0.6) is 5.75 Å². The molecule has 0 saturated heterocycles. The number of hydrogen-bond acceptors (Lipinski definition) is 3. The number of halogens is 3. The smallest absolute Gasteiger partial charge is 0.484 e. The molecule has 1 aromatic heterocycles. The van der Waals surface area contributed by atoms with E-state index in [2.05, 4.69) is 5.10 Å². The molecule has 5 nitrogen and oxygen atoms in total. The minimum atomic E-state index is -4.79. The number of methoxy groups -OCH3 is 1. The number of nitrogens with one attached hydrogen (secondary N) is 1. The molecule has 1 unspecified atom stereocenters. The number of rotatable bonds is 4. The van der Waals surface area contributed by atoms with Crippen LogP contribution in [0.3, 0.4) is 0 Å². The third-order valence-electron chi connectivity index (χ3n) is 3.13. The van der Waals surface area contributed by atoms with E-state index < -0.39 is 18.1 Å². The first kappa shape index (κ1) is 15.9. The lowest BCUT2D eigenvalue weighted by molar-refractivity contribution is -0.170. The van der Waals surface area contributed by atoms with Gasteiger partial charge in [0.25, 0.3) is 0 Å². The van der Waals surface area contributed by atoms with Gasteiger partial charge >= 0.3 is 6.30 Å². The molecule has 22 heavy (non-hydrogen) atoms. The molecule has 1 aromatic carbocycles. The van der Waals surface area contributed by atoms with Crippen molar-refractivity contribution in [3.8, 4) is 5.75 Å². The Morgan fingerprint density at radius 2 is 1.91 bits per heavy atom. The maximum Gasteiger partial charge on any atom is 0.484 e. The highest BCUT2D eigenvalue weighted by Gasteiger charge is 2.35. The van der Waals surface area contributed by atoms with Crippen LogP contribution < -0.4 is 10.1 Å². The minimum Gasteiger partial charge on any atom is -0.497 e. The van der Waals surface area contributed by atoms with Crippen LogP contribution in [0.2, 0.25) is 0 Å². The highest BCUT2D eigenvalue weighted by molar-refractivity contribution is 5.87. The van der Waals surface area contributed by atoms with Crippen LogP contribution in [0.25, 0.3) is 0 Å². The van der Waals surface area contributed by atoms with Gasteiger partial charge in [-0.3, -0.25) is 14.8 Å². The summed E-state index contributed by atoms with van der Waals surface area (Å²) in [5, 5.41) is 4.96. The third kappa shape index (κ3) is 3.57. The predicted molar refractivity (Wildman–Crippen MR) is 72.2 cm³/mol. The Labute approximate surface area is 124 Å². The molecule has 1 heterocycles.